The van der Waals surface area contributed by atoms with E-state index in [1.807, 2.05) is 0 Å². The standard InChI is InChI=1S/C10H7BrF2N2O2/c1-17-10(16)8-7(9(12)13)5(3-11)2-6(4-14)15-8/h2,9H,3H2,1H3. The van der Waals surface area contributed by atoms with E-state index in [0.717, 1.165) is 7.11 Å². The predicted molar refractivity (Wildman–Crippen MR) is 57.9 cm³/mol. The number of nitrogens with zero attached hydrogens (tertiary/aromatic N) is 2. The molecule has 0 atom stereocenters. The van der Waals surface area contributed by atoms with Crippen LogP contribution in [0.15, 0.2) is 6.07 Å². The Bertz CT molecular complexity index is 486. The van der Waals surface area contributed by atoms with Crippen LogP contribution in [0.3, 0.4) is 0 Å². The summed E-state index contributed by atoms with van der Waals surface area (Å²) in [6.45, 7) is 0. The molecule has 0 fully saturated rings. The van der Waals surface area contributed by atoms with Crippen LogP contribution < -0.4 is 0 Å². The summed E-state index contributed by atoms with van der Waals surface area (Å²) in [5.41, 5.74) is -0.986. The second kappa shape index (κ2) is 5.68. The van der Waals surface area contributed by atoms with Crippen LogP contribution in [0.5, 0.6) is 0 Å². The van der Waals surface area contributed by atoms with Crippen molar-refractivity contribution in [3.63, 3.8) is 0 Å². The van der Waals surface area contributed by atoms with Crippen molar-refractivity contribution in [3.8, 4) is 6.07 Å². The molecule has 0 aliphatic heterocycles. The minimum Gasteiger partial charge on any atom is -0.464 e. The van der Waals surface area contributed by atoms with Crippen molar-refractivity contribution in [2.24, 2.45) is 0 Å². The number of halogens is 3. The molecule has 0 N–H and O–H groups in total. The van der Waals surface area contributed by atoms with Crippen LogP contribution in [0.2, 0.25) is 0 Å². The van der Waals surface area contributed by atoms with E-state index in [2.05, 4.69) is 25.7 Å². The molecule has 7 heteroatoms. The highest BCUT2D eigenvalue weighted by Crippen LogP contribution is 2.28. The lowest BCUT2D eigenvalue weighted by Gasteiger charge is -2.10. The minimum atomic E-state index is -2.86. The molecular weight excluding hydrogens is 298 g/mol. The molecule has 17 heavy (non-hydrogen) atoms. The van der Waals surface area contributed by atoms with E-state index in [9.17, 15) is 13.6 Å². The van der Waals surface area contributed by atoms with Crippen LogP contribution in [0.4, 0.5) is 8.78 Å². The predicted octanol–water partition coefficient (Wildman–Crippen LogP) is 2.57. The Morgan fingerprint density at radius 2 is 2.35 bits per heavy atom. The lowest BCUT2D eigenvalue weighted by atomic mass is 10.1. The number of hydrogen-bond donors (Lipinski definition) is 0. The second-order valence-corrected chi connectivity index (χ2v) is 3.53. The monoisotopic (exact) mass is 304 g/mol. The minimum absolute atomic E-state index is 0.0911. The Morgan fingerprint density at radius 1 is 1.71 bits per heavy atom. The van der Waals surface area contributed by atoms with Crippen molar-refractivity contribution in [1.82, 2.24) is 4.98 Å². The average molecular weight is 305 g/mol. The smallest absolute Gasteiger partial charge is 0.357 e. The first kappa shape index (κ1) is 13.5. The van der Waals surface area contributed by atoms with Gasteiger partial charge >= 0.3 is 5.97 Å². The number of aromatic nitrogens is 1. The quantitative estimate of drug-likeness (QED) is 0.636. The normalized spacial score (nSPS) is 10.1. The maximum Gasteiger partial charge on any atom is 0.357 e. The number of nitriles is 1. The van der Waals surface area contributed by atoms with E-state index in [1.54, 1.807) is 6.07 Å². The summed E-state index contributed by atoms with van der Waals surface area (Å²) in [5, 5.41) is 8.79. The van der Waals surface area contributed by atoms with Gasteiger partial charge in [-0.25, -0.2) is 18.6 Å². The van der Waals surface area contributed by atoms with Crippen molar-refractivity contribution in [2.75, 3.05) is 7.11 Å². The summed E-state index contributed by atoms with van der Waals surface area (Å²) < 4.78 is 30.1. The van der Waals surface area contributed by atoms with Crippen LogP contribution in [-0.4, -0.2) is 18.1 Å². The van der Waals surface area contributed by atoms with E-state index >= 15 is 0 Å². The van der Waals surface area contributed by atoms with Crippen LogP contribution >= 0.6 is 15.9 Å². The molecule has 0 aliphatic rings. The lowest BCUT2D eigenvalue weighted by molar-refractivity contribution is 0.0581. The number of pyridine rings is 1. The van der Waals surface area contributed by atoms with E-state index in [-0.39, 0.29) is 16.6 Å². The third-order valence-electron chi connectivity index (χ3n) is 2.00. The van der Waals surface area contributed by atoms with E-state index in [0.29, 0.717) is 0 Å². The summed E-state index contributed by atoms with van der Waals surface area (Å²) in [6.07, 6.45) is -2.86. The van der Waals surface area contributed by atoms with Crippen LogP contribution in [0.25, 0.3) is 0 Å². The number of ether oxygens (including phenoxy) is 1. The van der Waals surface area contributed by atoms with Gasteiger partial charge in [-0.2, -0.15) is 5.26 Å². The van der Waals surface area contributed by atoms with Crippen molar-refractivity contribution < 1.29 is 18.3 Å². The van der Waals surface area contributed by atoms with Crippen molar-refractivity contribution in [1.29, 1.82) is 5.26 Å². The van der Waals surface area contributed by atoms with Gasteiger partial charge in [0.25, 0.3) is 6.43 Å². The maximum atomic E-state index is 12.9. The van der Waals surface area contributed by atoms with Gasteiger partial charge in [-0.05, 0) is 11.6 Å². The average Bonchev–Trinajstić information content (AvgIpc) is 2.35. The Kier molecular flexibility index (Phi) is 4.52. The fraction of sp³-hybridized carbons (Fsp3) is 0.300. The Hall–Kier alpha value is -1.55. The molecule has 90 valence electrons. The topological polar surface area (TPSA) is 63.0 Å². The maximum absolute atomic E-state index is 12.9. The number of esters is 1. The highest BCUT2D eigenvalue weighted by Gasteiger charge is 2.25. The highest BCUT2D eigenvalue weighted by molar-refractivity contribution is 9.08. The number of methoxy groups -OCH3 is 1. The first-order valence-electron chi connectivity index (χ1n) is 4.41. The molecule has 0 amide bonds. The Morgan fingerprint density at radius 3 is 2.76 bits per heavy atom. The van der Waals surface area contributed by atoms with E-state index < -0.39 is 23.7 Å². The second-order valence-electron chi connectivity index (χ2n) is 2.97. The fourth-order valence-corrected chi connectivity index (χ4v) is 1.74. The Balaban J connectivity index is 3.53. The van der Waals surface area contributed by atoms with Gasteiger partial charge in [0.05, 0.1) is 12.7 Å². The first-order chi connectivity index (χ1) is 8.04. The van der Waals surface area contributed by atoms with E-state index in [4.69, 9.17) is 5.26 Å². The van der Waals surface area contributed by atoms with Crippen LogP contribution in [0.1, 0.15) is 33.7 Å². The molecule has 0 radical (unpaired) electrons. The first-order valence-corrected chi connectivity index (χ1v) is 5.53. The summed E-state index contributed by atoms with van der Waals surface area (Å²) in [4.78, 5) is 14.9. The van der Waals surface area contributed by atoms with Gasteiger partial charge in [-0.3, -0.25) is 0 Å². The van der Waals surface area contributed by atoms with Crippen LogP contribution in [0, 0.1) is 11.3 Å². The zero-order valence-corrected chi connectivity index (χ0v) is 10.3. The van der Waals surface area contributed by atoms with Gasteiger partial charge in [-0.1, -0.05) is 15.9 Å². The van der Waals surface area contributed by atoms with Gasteiger partial charge in [-0.15, -0.1) is 0 Å². The van der Waals surface area contributed by atoms with Gasteiger partial charge in [0.1, 0.15) is 11.8 Å². The Labute approximate surface area is 104 Å². The van der Waals surface area contributed by atoms with Gasteiger partial charge in [0.15, 0.2) is 5.69 Å². The fourth-order valence-electron chi connectivity index (χ4n) is 1.27. The zero-order valence-electron chi connectivity index (χ0n) is 8.71. The number of hydrogen-bond acceptors (Lipinski definition) is 4. The van der Waals surface area contributed by atoms with Gasteiger partial charge in [0.2, 0.25) is 0 Å². The van der Waals surface area contributed by atoms with Crippen molar-refractivity contribution >= 4 is 21.9 Å². The molecule has 4 nitrogen and oxygen atoms in total. The molecule has 1 heterocycles. The van der Waals surface area contributed by atoms with Gasteiger partial charge in [0, 0.05) is 5.33 Å². The molecule has 0 bridgehead atoms. The lowest BCUT2D eigenvalue weighted by Crippen LogP contribution is -2.12. The molecule has 0 aliphatic carbocycles. The molecule has 0 unspecified atom stereocenters. The number of rotatable bonds is 3. The number of carbonyl (C=O) groups is 1. The summed E-state index contributed by atoms with van der Waals surface area (Å²) >= 11 is 3.02. The molecule has 0 aromatic carbocycles. The summed E-state index contributed by atoms with van der Waals surface area (Å²) in [6, 6.07) is 2.91. The molecular formula is C10H7BrF2N2O2. The molecule has 1 rings (SSSR count). The molecule has 0 saturated carbocycles. The van der Waals surface area contributed by atoms with Crippen molar-refractivity contribution in [3.05, 3.63) is 28.6 Å². The third kappa shape index (κ3) is 2.77. The van der Waals surface area contributed by atoms with Crippen molar-refractivity contribution in [2.45, 2.75) is 11.8 Å². The largest absolute Gasteiger partial charge is 0.464 e. The molecule has 0 saturated heterocycles. The summed E-state index contributed by atoms with van der Waals surface area (Å²) in [5.74, 6) is -0.986. The van der Waals surface area contributed by atoms with Gasteiger partial charge < -0.3 is 4.74 Å². The number of carbonyl (C=O) groups excluding carboxylic acids is 1. The summed E-state index contributed by atoms with van der Waals surface area (Å²) in [7, 11) is 1.06. The molecule has 1 aromatic rings. The third-order valence-corrected chi connectivity index (χ3v) is 2.60. The van der Waals surface area contributed by atoms with Crippen LogP contribution in [-0.2, 0) is 10.1 Å². The van der Waals surface area contributed by atoms with E-state index in [1.165, 1.54) is 6.07 Å². The molecule has 0 spiro atoms. The zero-order chi connectivity index (χ0) is 13.0. The SMILES string of the molecule is COC(=O)c1nc(C#N)cc(CBr)c1C(F)F. The molecule has 1 aromatic heterocycles. The number of alkyl halides is 3. The highest BCUT2D eigenvalue weighted by atomic mass is 79.9.